The second-order valence-corrected chi connectivity index (χ2v) is 4.91. The van der Waals surface area contributed by atoms with Gasteiger partial charge in [0.25, 0.3) is 0 Å². The van der Waals surface area contributed by atoms with Crippen LogP contribution in [-0.4, -0.2) is 18.1 Å². The molecule has 0 unspecified atom stereocenters. The molecule has 3 aromatic rings. The number of benzene rings is 2. The van der Waals surface area contributed by atoms with Crippen molar-refractivity contribution in [2.75, 3.05) is 7.11 Å². The van der Waals surface area contributed by atoms with Gasteiger partial charge >= 0.3 is 5.97 Å². The molecule has 0 saturated heterocycles. The molecule has 22 heavy (non-hydrogen) atoms. The highest BCUT2D eigenvalue weighted by Gasteiger charge is 2.03. The van der Waals surface area contributed by atoms with Gasteiger partial charge in [-0.15, -0.1) is 0 Å². The molecule has 1 heterocycles. The molecule has 2 aromatic carbocycles. The zero-order valence-corrected chi connectivity index (χ0v) is 12.2. The molecule has 0 spiro atoms. The van der Waals surface area contributed by atoms with E-state index < -0.39 is 0 Å². The molecule has 3 rings (SSSR count). The Morgan fingerprint density at radius 3 is 2.50 bits per heavy atom. The molecule has 0 saturated carbocycles. The second-order valence-electron chi connectivity index (χ2n) is 4.91. The van der Waals surface area contributed by atoms with Crippen molar-refractivity contribution in [3.8, 4) is 0 Å². The monoisotopic (exact) mass is 289 g/mol. The van der Waals surface area contributed by atoms with E-state index in [0.717, 1.165) is 22.0 Å². The van der Waals surface area contributed by atoms with E-state index in [-0.39, 0.29) is 5.97 Å². The molecule has 0 amide bonds. The van der Waals surface area contributed by atoms with E-state index in [1.807, 2.05) is 54.7 Å². The highest BCUT2D eigenvalue weighted by molar-refractivity contribution is 5.89. The summed E-state index contributed by atoms with van der Waals surface area (Å²) in [6, 6.07) is 17.4. The Kier molecular flexibility index (Phi) is 3.97. The highest BCUT2D eigenvalue weighted by atomic mass is 16.5. The minimum Gasteiger partial charge on any atom is -0.465 e. The van der Waals surface area contributed by atoms with Crippen molar-refractivity contribution in [1.82, 2.24) is 4.98 Å². The van der Waals surface area contributed by atoms with E-state index in [1.165, 1.54) is 7.11 Å². The SMILES string of the molecule is COC(=O)c1ccc(/C=C/c2cnc3ccccc3c2)cc1. The van der Waals surface area contributed by atoms with Gasteiger partial charge in [-0.2, -0.15) is 0 Å². The summed E-state index contributed by atoms with van der Waals surface area (Å²) in [5, 5.41) is 1.12. The zero-order chi connectivity index (χ0) is 15.4. The van der Waals surface area contributed by atoms with E-state index in [0.29, 0.717) is 5.56 Å². The fourth-order valence-electron chi connectivity index (χ4n) is 2.22. The lowest BCUT2D eigenvalue weighted by molar-refractivity contribution is 0.0601. The lowest BCUT2D eigenvalue weighted by Gasteiger charge is -2.00. The Labute approximate surface area is 128 Å². The summed E-state index contributed by atoms with van der Waals surface area (Å²) < 4.78 is 4.68. The average molecular weight is 289 g/mol. The number of ether oxygens (including phenoxy) is 1. The predicted octanol–water partition coefficient (Wildman–Crippen LogP) is 4.19. The maximum atomic E-state index is 11.4. The van der Waals surface area contributed by atoms with Crippen LogP contribution in [0.1, 0.15) is 21.5 Å². The third-order valence-electron chi connectivity index (χ3n) is 3.41. The van der Waals surface area contributed by atoms with E-state index in [4.69, 9.17) is 0 Å². The molecule has 108 valence electrons. The molecule has 0 bridgehead atoms. The number of nitrogens with zero attached hydrogens (tertiary/aromatic N) is 1. The van der Waals surface area contributed by atoms with Gasteiger partial charge in [-0.25, -0.2) is 4.79 Å². The van der Waals surface area contributed by atoms with E-state index in [2.05, 4.69) is 15.8 Å². The Balaban J connectivity index is 1.81. The number of aromatic nitrogens is 1. The minimum atomic E-state index is -0.325. The second kappa shape index (κ2) is 6.22. The summed E-state index contributed by atoms with van der Waals surface area (Å²) in [5.74, 6) is -0.325. The summed E-state index contributed by atoms with van der Waals surface area (Å²) in [5.41, 5.74) is 3.59. The topological polar surface area (TPSA) is 39.2 Å². The van der Waals surface area contributed by atoms with Crippen molar-refractivity contribution in [1.29, 1.82) is 0 Å². The Hall–Kier alpha value is -2.94. The molecule has 0 radical (unpaired) electrons. The number of hydrogen-bond acceptors (Lipinski definition) is 3. The first-order valence-corrected chi connectivity index (χ1v) is 6.97. The smallest absolute Gasteiger partial charge is 0.337 e. The number of pyridine rings is 1. The zero-order valence-electron chi connectivity index (χ0n) is 12.2. The molecule has 0 atom stereocenters. The standard InChI is InChI=1S/C19H15NO2/c1-22-19(21)16-10-8-14(9-11-16)6-7-15-12-17-4-2-3-5-18(17)20-13-15/h2-13H,1H3/b7-6+. The minimum absolute atomic E-state index is 0.325. The summed E-state index contributed by atoms with van der Waals surface area (Å²) >= 11 is 0. The van der Waals surface area contributed by atoms with Crippen molar-refractivity contribution >= 4 is 29.0 Å². The summed E-state index contributed by atoms with van der Waals surface area (Å²) in [7, 11) is 1.38. The largest absolute Gasteiger partial charge is 0.465 e. The summed E-state index contributed by atoms with van der Waals surface area (Å²) in [6.07, 6.45) is 5.85. The molecule has 0 aliphatic heterocycles. The third kappa shape index (κ3) is 3.04. The lowest BCUT2D eigenvalue weighted by Crippen LogP contribution is -2.00. The number of carbonyl (C=O) groups is 1. The quantitative estimate of drug-likeness (QED) is 0.679. The number of methoxy groups -OCH3 is 1. The molecular formula is C19H15NO2. The Morgan fingerprint density at radius 1 is 1.00 bits per heavy atom. The van der Waals surface area contributed by atoms with Crippen LogP contribution in [0.3, 0.4) is 0 Å². The average Bonchev–Trinajstić information content (AvgIpc) is 2.59. The number of hydrogen-bond donors (Lipinski definition) is 0. The fraction of sp³-hybridized carbons (Fsp3) is 0.0526. The van der Waals surface area contributed by atoms with E-state index in [1.54, 1.807) is 12.1 Å². The van der Waals surface area contributed by atoms with Gasteiger partial charge in [-0.3, -0.25) is 4.98 Å². The molecule has 0 fully saturated rings. The van der Waals surface area contributed by atoms with Crippen molar-refractivity contribution < 1.29 is 9.53 Å². The van der Waals surface area contributed by atoms with E-state index in [9.17, 15) is 4.79 Å². The maximum Gasteiger partial charge on any atom is 0.337 e. The van der Waals surface area contributed by atoms with Gasteiger partial charge in [0.15, 0.2) is 0 Å². The van der Waals surface area contributed by atoms with Crippen LogP contribution in [0.2, 0.25) is 0 Å². The third-order valence-corrected chi connectivity index (χ3v) is 3.41. The van der Waals surface area contributed by atoms with Crippen LogP contribution in [-0.2, 0) is 4.74 Å². The van der Waals surface area contributed by atoms with Crippen LogP contribution in [0, 0.1) is 0 Å². The number of esters is 1. The molecule has 0 N–H and O–H groups in total. The molecule has 3 heteroatoms. The van der Waals surface area contributed by atoms with Gasteiger partial charge in [0.2, 0.25) is 0 Å². The lowest BCUT2D eigenvalue weighted by atomic mass is 10.1. The summed E-state index contributed by atoms with van der Waals surface area (Å²) in [6.45, 7) is 0. The van der Waals surface area contributed by atoms with Crippen LogP contribution >= 0.6 is 0 Å². The van der Waals surface area contributed by atoms with Gasteiger partial charge in [0.1, 0.15) is 0 Å². The first-order chi connectivity index (χ1) is 10.8. The first kappa shape index (κ1) is 14.0. The highest BCUT2D eigenvalue weighted by Crippen LogP contribution is 2.15. The van der Waals surface area contributed by atoms with Gasteiger partial charge in [-0.05, 0) is 35.4 Å². The number of para-hydroxylation sites is 1. The first-order valence-electron chi connectivity index (χ1n) is 6.97. The Bertz CT molecular complexity index is 835. The van der Waals surface area contributed by atoms with Gasteiger partial charge in [-0.1, -0.05) is 42.5 Å². The van der Waals surface area contributed by atoms with Crippen molar-refractivity contribution in [3.63, 3.8) is 0 Å². The van der Waals surface area contributed by atoms with Crippen molar-refractivity contribution in [2.45, 2.75) is 0 Å². The van der Waals surface area contributed by atoms with Crippen molar-refractivity contribution in [3.05, 3.63) is 77.5 Å². The normalized spacial score (nSPS) is 11.0. The van der Waals surface area contributed by atoms with E-state index >= 15 is 0 Å². The van der Waals surface area contributed by atoms with Crippen LogP contribution in [0.5, 0.6) is 0 Å². The van der Waals surface area contributed by atoms with Gasteiger partial charge in [0, 0.05) is 11.6 Å². The van der Waals surface area contributed by atoms with Crippen molar-refractivity contribution in [2.24, 2.45) is 0 Å². The number of fused-ring (bicyclic) bond motifs is 1. The predicted molar refractivity (Wildman–Crippen MR) is 88.5 cm³/mol. The van der Waals surface area contributed by atoms with Gasteiger partial charge < -0.3 is 4.74 Å². The number of rotatable bonds is 3. The maximum absolute atomic E-state index is 11.4. The fourth-order valence-corrected chi connectivity index (χ4v) is 2.22. The molecule has 3 nitrogen and oxygen atoms in total. The molecule has 0 aliphatic carbocycles. The molecule has 0 aliphatic rings. The molecule has 1 aromatic heterocycles. The van der Waals surface area contributed by atoms with Crippen LogP contribution < -0.4 is 0 Å². The Morgan fingerprint density at radius 2 is 1.73 bits per heavy atom. The molecular weight excluding hydrogens is 274 g/mol. The van der Waals surface area contributed by atoms with Crippen LogP contribution in [0.25, 0.3) is 23.1 Å². The van der Waals surface area contributed by atoms with Gasteiger partial charge in [0.05, 0.1) is 18.2 Å². The number of carbonyl (C=O) groups excluding carboxylic acids is 1. The summed E-state index contributed by atoms with van der Waals surface area (Å²) in [4.78, 5) is 15.8. The van der Waals surface area contributed by atoms with Crippen LogP contribution in [0.4, 0.5) is 0 Å². The van der Waals surface area contributed by atoms with Crippen LogP contribution in [0.15, 0.2) is 60.8 Å².